The molecule has 0 spiro atoms. The zero-order valence-corrected chi connectivity index (χ0v) is 14.3. The average Bonchev–Trinajstić information content (AvgIpc) is 3.36. The van der Waals surface area contributed by atoms with Gasteiger partial charge < -0.3 is 4.74 Å². The first-order valence-corrected chi connectivity index (χ1v) is 9.22. The van der Waals surface area contributed by atoms with Crippen LogP contribution in [0, 0.1) is 12.8 Å². The lowest BCUT2D eigenvalue weighted by atomic mass is 10.2. The Hall–Kier alpha value is -1.11. The number of nitrogens with zero attached hydrogens (tertiary/aromatic N) is 2. The van der Waals surface area contributed by atoms with Crippen molar-refractivity contribution in [1.29, 1.82) is 0 Å². The van der Waals surface area contributed by atoms with Crippen molar-refractivity contribution in [2.24, 2.45) is 5.92 Å². The Balaban J connectivity index is 1.68. The highest BCUT2D eigenvalue weighted by atomic mass is 32.2. The fraction of sp³-hybridized carbons (Fsp3) is 0.625. The average molecular weight is 324 g/mol. The second kappa shape index (κ2) is 5.83. The molecule has 0 aromatic heterocycles. The summed E-state index contributed by atoms with van der Waals surface area (Å²) in [6.45, 7) is 4.69. The molecule has 1 saturated carbocycles. The smallest absolute Gasteiger partial charge is 0.246 e. The van der Waals surface area contributed by atoms with Crippen LogP contribution < -0.4 is 4.74 Å². The highest BCUT2D eigenvalue weighted by molar-refractivity contribution is 7.89. The Bertz CT molecular complexity index is 653. The molecule has 22 heavy (non-hydrogen) atoms. The molecular formula is C16H24N2O3S. The molecule has 1 aliphatic carbocycles. The third-order valence-corrected chi connectivity index (χ3v) is 6.14. The lowest BCUT2D eigenvalue weighted by Gasteiger charge is -2.16. The molecule has 3 rings (SSSR count). The molecule has 1 saturated heterocycles. The molecule has 122 valence electrons. The van der Waals surface area contributed by atoms with Crippen molar-refractivity contribution in [2.45, 2.75) is 30.7 Å². The van der Waals surface area contributed by atoms with Crippen molar-refractivity contribution in [3.63, 3.8) is 0 Å². The molecule has 0 radical (unpaired) electrons. The van der Waals surface area contributed by atoms with Gasteiger partial charge in [0.15, 0.2) is 0 Å². The van der Waals surface area contributed by atoms with Gasteiger partial charge in [0.25, 0.3) is 0 Å². The van der Waals surface area contributed by atoms with Crippen molar-refractivity contribution in [2.75, 3.05) is 33.8 Å². The van der Waals surface area contributed by atoms with E-state index >= 15 is 0 Å². The van der Waals surface area contributed by atoms with Crippen molar-refractivity contribution < 1.29 is 13.2 Å². The fourth-order valence-corrected chi connectivity index (χ4v) is 3.67. The summed E-state index contributed by atoms with van der Waals surface area (Å²) in [6.07, 6.45) is 2.71. The summed E-state index contributed by atoms with van der Waals surface area (Å²) >= 11 is 0. The number of sulfonamides is 1. The first-order chi connectivity index (χ1) is 10.4. The monoisotopic (exact) mass is 324 g/mol. The molecule has 1 aliphatic heterocycles. The maximum absolute atomic E-state index is 12.4. The molecule has 2 fully saturated rings. The minimum absolute atomic E-state index is 0.256. The third-order valence-electron chi connectivity index (χ3n) is 4.31. The number of hydrogen-bond acceptors (Lipinski definition) is 4. The van der Waals surface area contributed by atoms with Crippen LogP contribution >= 0.6 is 0 Å². The van der Waals surface area contributed by atoms with E-state index in [0.717, 1.165) is 18.0 Å². The third kappa shape index (κ3) is 3.45. The van der Waals surface area contributed by atoms with Crippen molar-refractivity contribution in [3.8, 4) is 5.75 Å². The number of ether oxygens (including phenoxy) is 1. The molecule has 0 bridgehead atoms. The van der Waals surface area contributed by atoms with E-state index in [1.807, 2.05) is 13.0 Å². The van der Waals surface area contributed by atoms with E-state index < -0.39 is 10.0 Å². The van der Waals surface area contributed by atoms with E-state index in [1.165, 1.54) is 23.7 Å². The van der Waals surface area contributed by atoms with Gasteiger partial charge >= 0.3 is 0 Å². The van der Waals surface area contributed by atoms with Crippen LogP contribution in [0.1, 0.15) is 18.4 Å². The lowest BCUT2D eigenvalue weighted by Crippen LogP contribution is -2.23. The minimum atomic E-state index is -3.49. The first kappa shape index (κ1) is 15.8. The molecule has 2 unspecified atom stereocenters. The number of benzene rings is 1. The predicted octanol–water partition coefficient (Wildman–Crippen LogP) is 1.72. The Morgan fingerprint density at radius 2 is 2.05 bits per heavy atom. The van der Waals surface area contributed by atoms with Gasteiger partial charge in [-0.1, -0.05) is 6.07 Å². The van der Waals surface area contributed by atoms with Gasteiger partial charge in [0.2, 0.25) is 10.0 Å². The van der Waals surface area contributed by atoms with Gasteiger partial charge in [-0.25, -0.2) is 12.7 Å². The van der Waals surface area contributed by atoms with Crippen LogP contribution in [0.4, 0.5) is 0 Å². The van der Waals surface area contributed by atoms with E-state index in [0.29, 0.717) is 18.4 Å². The van der Waals surface area contributed by atoms with Crippen LogP contribution in [0.2, 0.25) is 0 Å². The Kier molecular flexibility index (Phi) is 4.18. The molecule has 2 aliphatic rings. The van der Waals surface area contributed by atoms with Gasteiger partial charge in [-0.2, -0.15) is 0 Å². The standard InChI is InChI=1S/C16H24N2O3S/c1-12-4-7-15(16(8-12)22(19,20)17(2)3)21-11-14-10-18(14)9-13-5-6-13/h4,7-8,13-14H,5-6,9-11H2,1-3H3. The summed E-state index contributed by atoms with van der Waals surface area (Å²) in [6, 6.07) is 5.77. The quantitative estimate of drug-likeness (QED) is 0.717. The summed E-state index contributed by atoms with van der Waals surface area (Å²) in [5.41, 5.74) is 0.912. The predicted molar refractivity (Wildman–Crippen MR) is 85.6 cm³/mol. The van der Waals surface area contributed by atoms with E-state index in [4.69, 9.17) is 4.74 Å². The SMILES string of the molecule is Cc1ccc(OCC2CN2CC2CC2)c(S(=O)(=O)N(C)C)c1. The molecule has 0 amide bonds. The van der Waals surface area contributed by atoms with Gasteiger partial charge in [0, 0.05) is 27.2 Å². The largest absolute Gasteiger partial charge is 0.490 e. The maximum atomic E-state index is 12.4. The second-order valence-electron chi connectivity index (χ2n) is 6.60. The summed E-state index contributed by atoms with van der Waals surface area (Å²) in [4.78, 5) is 2.67. The van der Waals surface area contributed by atoms with Gasteiger partial charge in [0.05, 0.1) is 6.04 Å². The van der Waals surface area contributed by atoms with Crippen LogP contribution in [0.3, 0.4) is 0 Å². The molecular weight excluding hydrogens is 300 g/mol. The molecule has 2 atom stereocenters. The minimum Gasteiger partial charge on any atom is -0.490 e. The summed E-state index contributed by atoms with van der Waals surface area (Å²) in [5, 5.41) is 0. The first-order valence-electron chi connectivity index (χ1n) is 7.78. The zero-order valence-electron chi connectivity index (χ0n) is 13.4. The molecule has 0 N–H and O–H groups in total. The second-order valence-corrected chi connectivity index (χ2v) is 8.72. The fourth-order valence-electron chi connectivity index (χ4n) is 2.56. The molecule has 1 heterocycles. The van der Waals surface area contributed by atoms with Gasteiger partial charge in [0.1, 0.15) is 17.3 Å². The van der Waals surface area contributed by atoms with Gasteiger partial charge in [-0.15, -0.1) is 0 Å². The highest BCUT2D eigenvalue weighted by Crippen LogP contribution is 2.34. The normalized spacial score (nSPS) is 24.5. The van der Waals surface area contributed by atoms with Crippen molar-refractivity contribution >= 4 is 10.0 Å². The van der Waals surface area contributed by atoms with Crippen LogP contribution in [-0.4, -0.2) is 57.5 Å². The van der Waals surface area contributed by atoms with Crippen LogP contribution in [0.25, 0.3) is 0 Å². The summed E-state index contributed by atoms with van der Waals surface area (Å²) in [5.74, 6) is 1.34. The molecule has 6 heteroatoms. The van der Waals surface area contributed by atoms with Gasteiger partial charge in [-0.3, -0.25) is 4.90 Å². The van der Waals surface area contributed by atoms with Crippen LogP contribution in [0.15, 0.2) is 23.1 Å². The van der Waals surface area contributed by atoms with E-state index in [2.05, 4.69) is 4.90 Å². The van der Waals surface area contributed by atoms with E-state index in [1.54, 1.807) is 26.2 Å². The maximum Gasteiger partial charge on any atom is 0.246 e. The molecule has 1 aromatic carbocycles. The van der Waals surface area contributed by atoms with Crippen molar-refractivity contribution in [3.05, 3.63) is 23.8 Å². The molecule has 1 aromatic rings. The number of aryl methyl sites for hydroxylation is 1. The Morgan fingerprint density at radius 1 is 1.32 bits per heavy atom. The summed E-state index contributed by atoms with van der Waals surface area (Å²) in [7, 11) is -0.403. The van der Waals surface area contributed by atoms with Gasteiger partial charge in [-0.05, 0) is 43.4 Å². The zero-order chi connectivity index (χ0) is 15.9. The van der Waals surface area contributed by atoms with Crippen molar-refractivity contribution in [1.82, 2.24) is 9.21 Å². The van der Waals surface area contributed by atoms with Crippen LogP contribution in [-0.2, 0) is 10.0 Å². The lowest BCUT2D eigenvalue weighted by molar-refractivity contribution is 0.285. The van der Waals surface area contributed by atoms with Crippen LogP contribution in [0.5, 0.6) is 5.75 Å². The summed E-state index contributed by atoms with van der Waals surface area (Å²) < 4.78 is 31.9. The number of rotatable bonds is 7. The topological polar surface area (TPSA) is 49.6 Å². The molecule has 5 nitrogen and oxygen atoms in total. The van der Waals surface area contributed by atoms with E-state index in [9.17, 15) is 8.42 Å². The highest BCUT2D eigenvalue weighted by Gasteiger charge is 2.38. The van der Waals surface area contributed by atoms with E-state index in [-0.39, 0.29) is 4.90 Å². The number of hydrogen-bond donors (Lipinski definition) is 0. The Morgan fingerprint density at radius 3 is 2.68 bits per heavy atom. The Labute approximate surface area is 132 Å².